The van der Waals surface area contributed by atoms with Crippen LogP contribution in [0.15, 0.2) is 24.5 Å². The zero-order chi connectivity index (χ0) is 13.2. The van der Waals surface area contributed by atoms with E-state index in [1.54, 1.807) is 0 Å². The SMILES string of the molecule is Cc1c(Cl)ncnc1NCc1ccc2c(c1)OCO2. The van der Waals surface area contributed by atoms with Gasteiger partial charge in [0, 0.05) is 12.1 Å². The summed E-state index contributed by atoms with van der Waals surface area (Å²) in [7, 11) is 0. The fraction of sp³-hybridized carbons (Fsp3) is 0.231. The molecule has 0 saturated heterocycles. The monoisotopic (exact) mass is 277 g/mol. The third-order valence-electron chi connectivity index (χ3n) is 2.92. The van der Waals surface area contributed by atoms with Gasteiger partial charge in [0.2, 0.25) is 6.79 Å². The first kappa shape index (κ1) is 12.0. The molecule has 0 amide bonds. The minimum absolute atomic E-state index is 0.285. The zero-order valence-corrected chi connectivity index (χ0v) is 11.1. The van der Waals surface area contributed by atoms with Crippen LogP contribution in [0.4, 0.5) is 5.82 Å². The highest BCUT2D eigenvalue weighted by molar-refractivity contribution is 6.30. The molecule has 0 saturated carbocycles. The summed E-state index contributed by atoms with van der Waals surface area (Å²) in [5.74, 6) is 2.29. The van der Waals surface area contributed by atoms with Crippen LogP contribution in [0.25, 0.3) is 0 Å². The molecule has 2 aromatic rings. The molecule has 1 aromatic carbocycles. The highest BCUT2D eigenvalue weighted by Crippen LogP contribution is 2.32. The van der Waals surface area contributed by atoms with E-state index in [0.717, 1.165) is 28.4 Å². The molecule has 2 heterocycles. The van der Waals surface area contributed by atoms with E-state index in [4.69, 9.17) is 21.1 Å². The largest absolute Gasteiger partial charge is 0.454 e. The van der Waals surface area contributed by atoms with Gasteiger partial charge < -0.3 is 14.8 Å². The number of hydrogen-bond donors (Lipinski definition) is 1. The van der Waals surface area contributed by atoms with Gasteiger partial charge in [0.05, 0.1) is 0 Å². The van der Waals surface area contributed by atoms with Gasteiger partial charge in [-0.25, -0.2) is 9.97 Å². The van der Waals surface area contributed by atoms with Crippen LogP contribution >= 0.6 is 11.6 Å². The van der Waals surface area contributed by atoms with Crippen molar-refractivity contribution in [1.82, 2.24) is 9.97 Å². The van der Waals surface area contributed by atoms with Crippen molar-refractivity contribution < 1.29 is 9.47 Å². The van der Waals surface area contributed by atoms with Crippen LogP contribution in [0.3, 0.4) is 0 Å². The van der Waals surface area contributed by atoms with Crippen molar-refractivity contribution in [2.75, 3.05) is 12.1 Å². The number of halogens is 1. The molecule has 0 bridgehead atoms. The van der Waals surface area contributed by atoms with Crippen molar-refractivity contribution in [3.8, 4) is 11.5 Å². The van der Waals surface area contributed by atoms with Crippen molar-refractivity contribution in [2.45, 2.75) is 13.5 Å². The third-order valence-corrected chi connectivity index (χ3v) is 3.30. The Morgan fingerprint density at radius 3 is 3.00 bits per heavy atom. The lowest BCUT2D eigenvalue weighted by Gasteiger charge is -2.09. The van der Waals surface area contributed by atoms with Gasteiger partial charge >= 0.3 is 0 Å². The van der Waals surface area contributed by atoms with Crippen LogP contribution in [0.2, 0.25) is 5.15 Å². The number of aromatic nitrogens is 2. The summed E-state index contributed by atoms with van der Waals surface area (Å²) in [5.41, 5.74) is 1.92. The van der Waals surface area contributed by atoms with E-state index in [1.165, 1.54) is 6.33 Å². The quantitative estimate of drug-likeness (QED) is 0.874. The van der Waals surface area contributed by atoms with Gasteiger partial charge in [-0.3, -0.25) is 0 Å². The summed E-state index contributed by atoms with van der Waals surface area (Å²) >= 11 is 5.94. The predicted octanol–water partition coefficient (Wildman–Crippen LogP) is 2.78. The second-order valence-corrected chi connectivity index (χ2v) is 4.54. The molecule has 0 aliphatic carbocycles. The Kier molecular flexibility index (Phi) is 3.13. The first-order valence-corrected chi connectivity index (χ1v) is 6.21. The molecule has 1 aromatic heterocycles. The van der Waals surface area contributed by atoms with Crippen LogP contribution in [-0.2, 0) is 6.54 Å². The number of ether oxygens (including phenoxy) is 2. The molecule has 1 aliphatic heterocycles. The summed E-state index contributed by atoms with van der Waals surface area (Å²) in [4.78, 5) is 8.08. The maximum atomic E-state index is 5.94. The average Bonchev–Trinajstić information content (AvgIpc) is 2.88. The van der Waals surface area contributed by atoms with Gasteiger partial charge in [0.25, 0.3) is 0 Å². The number of hydrogen-bond acceptors (Lipinski definition) is 5. The van der Waals surface area contributed by atoms with Crippen molar-refractivity contribution >= 4 is 17.4 Å². The molecule has 5 nitrogen and oxygen atoms in total. The van der Waals surface area contributed by atoms with E-state index in [-0.39, 0.29) is 6.79 Å². The van der Waals surface area contributed by atoms with Gasteiger partial charge in [-0.2, -0.15) is 0 Å². The van der Waals surface area contributed by atoms with Gasteiger partial charge in [-0.05, 0) is 24.6 Å². The van der Waals surface area contributed by atoms with Crippen molar-refractivity contribution in [1.29, 1.82) is 0 Å². The minimum atomic E-state index is 0.285. The lowest BCUT2D eigenvalue weighted by Crippen LogP contribution is -2.04. The normalized spacial score (nSPS) is 12.5. The van der Waals surface area contributed by atoms with Crippen LogP contribution in [0.5, 0.6) is 11.5 Å². The van der Waals surface area contributed by atoms with E-state index in [9.17, 15) is 0 Å². The molecular weight excluding hydrogens is 266 g/mol. The highest BCUT2D eigenvalue weighted by Gasteiger charge is 2.13. The van der Waals surface area contributed by atoms with Gasteiger partial charge in [-0.1, -0.05) is 17.7 Å². The number of benzene rings is 1. The van der Waals surface area contributed by atoms with E-state index in [1.807, 2.05) is 25.1 Å². The molecular formula is C13H12ClN3O2. The van der Waals surface area contributed by atoms with E-state index in [0.29, 0.717) is 11.7 Å². The molecule has 98 valence electrons. The second-order valence-electron chi connectivity index (χ2n) is 4.18. The maximum Gasteiger partial charge on any atom is 0.231 e. The van der Waals surface area contributed by atoms with Gasteiger partial charge in [-0.15, -0.1) is 0 Å². The Bertz CT molecular complexity index is 619. The molecule has 0 spiro atoms. The topological polar surface area (TPSA) is 56.3 Å². The second kappa shape index (κ2) is 4.93. The molecule has 1 N–H and O–H groups in total. The third kappa shape index (κ3) is 2.42. The van der Waals surface area contributed by atoms with Gasteiger partial charge in [0.1, 0.15) is 17.3 Å². The van der Waals surface area contributed by atoms with Crippen LogP contribution in [-0.4, -0.2) is 16.8 Å². The number of nitrogens with one attached hydrogen (secondary N) is 1. The molecule has 0 radical (unpaired) electrons. The molecule has 6 heteroatoms. The molecule has 3 rings (SSSR count). The molecule has 0 atom stereocenters. The summed E-state index contributed by atoms with van der Waals surface area (Å²) in [6.45, 7) is 2.79. The zero-order valence-electron chi connectivity index (χ0n) is 10.3. The Hall–Kier alpha value is -2.01. The fourth-order valence-corrected chi connectivity index (χ4v) is 1.98. The average molecular weight is 278 g/mol. The summed E-state index contributed by atoms with van der Waals surface area (Å²) in [6.07, 6.45) is 1.44. The number of anilines is 1. The maximum absolute atomic E-state index is 5.94. The van der Waals surface area contributed by atoms with Crippen molar-refractivity contribution in [3.63, 3.8) is 0 Å². The van der Waals surface area contributed by atoms with E-state index >= 15 is 0 Å². The molecule has 0 fully saturated rings. The smallest absolute Gasteiger partial charge is 0.231 e. The summed E-state index contributed by atoms with van der Waals surface area (Å²) in [5, 5.41) is 3.69. The number of fused-ring (bicyclic) bond motifs is 1. The Morgan fingerprint density at radius 2 is 2.11 bits per heavy atom. The summed E-state index contributed by atoms with van der Waals surface area (Å²) in [6, 6.07) is 5.84. The van der Waals surface area contributed by atoms with E-state index in [2.05, 4.69) is 15.3 Å². The van der Waals surface area contributed by atoms with Crippen LogP contribution < -0.4 is 14.8 Å². The number of nitrogens with zero attached hydrogens (tertiary/aromatic N) is 2. The predicted molar refractivity (Wildman–Crippen MR) is 71.7 cm³/mol. The van der Waals surface area contributed by atoms with E-state index < -0.39 is 0 Å². The lowest BCUT2D eigenvalue weighted by molar-refractivity contribution is 0.174. The first-order chi connectivity index (χ1) is 9.24. The van der Waals surface area contributed by atoms with Gasteiger partial charge in [0.15, 0.2) is 11.5 Å². The first-order valence-electron chi connectivity index (χ1n) is 5.83. The van der Waals surface area contributed by atoms with Crippen molar-refractivity contribution in [2.24, 2.45) is 0 Å². The van der Waals surface area contributed by atoms with Crippen LogP contribution in [0, 0.1) is 6.92 Å². The Morgan fingerprint density at radius 1 is 1.26 bits per heavy atom. The number of rotatable bonds is 3. The molecule has 19 heavy (non-hydrogen) atoms. The standard InChI is InChI=1S/C13H12ClN3O2/c1-8-12(14)16-6-17-13(8)15-5-9-2-3-10-11(4-9)19-7-18-10/h2-4,6H,5,7H2,1H3,(H,15,16,17). The highest BCUT2D eigenvalue weighted by atomic mass is 35.5. The Labute approximate surface area is 115 Å². The lowest BCUT2D eigenvalue weighted by atomic mass is 10.2. The molecule has 1 aliphatic rings. The Balaban J connectivity index is 1.74. The minimum Gasteiger partial charge on any atom is -0.454 e. The molecule has 0 unspecified atom stereocenters. The fourth-order valence-electron chi connectivity index (χ4n) is 1.84. The summed E-state index contributed by atoms with van der Waals surface area (Å²) < 4.78 is 10.6. The van der Waals surface area contributed by atoms with Crippen molar-refractivity contribution in [3.05, 3.63) is 40.8 Å². The van der Waals surface area contributed by atoms with Crippen LogP contribution in [0.1, 0.15) is 11.1 Å².